The van der Waals surface area contributed by atoms with Gasteiger partial charge in [0.2, 0.25) is 0 Å². The van der Waals surface area contributed by atoms with Crippen molar-refractivity contribution in [3.8, 4) is 0 Å². The van der Waals surface area contributed by atoms with E-state index in [1.807, 2.05) is 24.3 Å². The lowest BCUT2D eigenvalue weighted by Gasteiger charge is -2.10. The molecule has 0 bridgehead atoms. The van der Waals surface area contributed by atoms with Crippen molar-refractivity contribution in [1.82, 2.24) is 14.8 Å². The molecular weight excluding hydrogens is 396 g/mol. The molecule has 0 N–H and O–H groups in total. The minimum atomic E-state index is -0.387. The van der Waals surface area contributed by atoms with E-state index >= 15 is 0 Å². The maximum atomic E-state index is 10.9. The van der Waals surface area contributed by atoms with Gasteiger partial charge in [-0.25, -0.2) is 0 Å². The Labute approximate surface area is 173 Å². The summed E-state index contributed by atoms with van der Waals surface area (Å²) in [5.74, 6) is 1.68. The van der Waals surface area contributed by atoms with Crippen molar-refractivity contribution in [3.05, 3.63) is 80.6 Å². The molecule has 0 fully saturated rings. The lowest BCUT2D eigenvalue weighted by Crippen LogP contribution is -2.07. The van der Waals surface area contributed by atoms with Gasteiger partial charge >= 0.3 is 0 Å². The highest BCUT2D eigenvalue weighted by atomic mass is 35.5. The van der Waals surface area contributed by atoms with E-state index in [0.717, 1.165) is 47.1 Å². The van der Waals surface area contributed by atoms with Gasteiger partial charge in [-0.15, -0.1) is 10.2 Å². The number of benzene rings is 2. The van der Waals surface area contributed by atoms with E-state index in [9.17, 15) is 10.1 Å². The topological polar surface area (TPSA) is 73.8 Å². The minimum absolute atomic E-state index is 0.0919. The summed E-state index contributed by atoms with van der Waals surface area (Å²) in [7, 11) is 0. The second kappa shape index (κ2) is 9.71. The van der Waals surface area contributed by atoms with E-state index in [4.69, 9.17) is 11.6 Å². The number of thioether (sulfide) groups is 1. The van der Waals surface area contributed by atoms with E-state index in [0.29, 0.717) is 11.6 Å². The predicted octanol–water partition coefficient (Wildman–Crippen LogP) is 5.52. The molecular formula is C20H21ClN4O2S. The smallest absolute Gasteiger partial charge is 0.269 e. The molecule has 2 aromatic carbocycles. The molecule has 8 heteroatoms. The van der Waals surface area contributed by atoms with Crippen molar-refractivity contribution in [2.75, 3.05) is 0 Å². The van der Waals surface area contributed by atoms with Gasteiger partial charge in [0.15, 0.2) is 5.16 Å². The summed E-state index contributed by atoms with van der Waals surface area (Å²) in [4.78, 5) is 10.5. The summed E-state index contributed by atoms with van der Waals surface area (Å²) in [6.45, 7) is 2.73. The van der Waals surface area contributed by atoms with Crippen LogP contribution in [0.25, 0.3) is 0 Å². The van der Waals surface area contributed by atoms with Crippen LogP contribution < -0.4 is 0 Å². The molecule has 3 aromatic rings. The van der Waals surface area contributed by atoms with Crippen molar-refractivity contribution >= 4 is 29.1 Å². The van der Waals surface area contributed by atoms with Crippen molar-refractivity contribution in [2.45, 2.75) is 43.6 Å². The first-order valence-corrected chi connectivity index (χ1v) is 10.5. The average molecular weight is 417 g/mol. The fourth-order valence-corrected chi connectivity index (χ4v) is 3.90. The molecule has 0 amide bonds. The summed E-state index contributed by atoms with van der Waals surface area (Å²) in [5.41, 5.74) is 2.19. The molecule has 0 saturated carbocycles. The fourth-order valence-electron chi connectivity index (χ4n) is 2.78. The monoisotopic (exact) mass is 416 g/mol. The maximum Gasteiger partial charge on any atom is 0.269 e. The summed E-state index contributed by atoms with van der Waals surface area (Å²) >= 11 is 7.68. The van der Waals surface area contributed by atoms with E-state index in [2.05, 4.69) is 21.7 Å². The Balaban J connectivity index is 1.80. The number of aromatic nitrogens is 3. The summed E-state index contributed by atoms with van der Waals surface area (Å²) in [6.07, 6.45) is 2.97. The van der Waals surface area contributed by atoms with Gasteiger partial charge in [0.05, 0.1) is 11.5 Å². The molecule has 0 spiro atoms. The number of rotatable bonds is 9. The highest BCUT2D eigenvalue weighted by molar-refractivity contribution is 7.98. The number of nitro benzene ring substituents is 1. The SMILES string of the molecule is CCCCc1nnc(SCc2cccc(Cl)c2)n1Cc1ccc([N+](=O)[O-])cc1. The molecule has 0 radical (unpaired) electrons. The average Bonchev–Trinajstić information content (AvgIpc) is 3.06. The summed E-state index contributed by atoms with van der Waals surface area (Å²) in [5, 5.41) is 21.2. The molecule has 0 aliphatic carbocycles. The molecule has 146 valence electrons. The van der Waals surface area contributed by atoms with Gasteiger partial charge in [-0.05, 0) is 29.7 Å². The third-order valence-corrected chi connectivity index (χ3v) is 5.57. The first-order chi connectivity index (χ1) is 13.6. The first kappa shape index (κ1) is 20.4. The van der Waals surface area contributed by atoms with Gasteiger partial charge in [0.25, 0.3) is 5.69 Å². The molecule has 0 aliphatic heterocycles. The largest absolute Gasteiger partial charge is 0.302 e. The number of nitrogens with zero attached hydrogens (tertiary/aromatic N) is 4. The molecule has 6 nitrogen and oxygen atoms in total. The number of non-ortho nitro benzene ring substituents is 1. The third kappa shape index (κ3) is 5.33. The van der Waals surface area contributed by atoms with Crippen molar-refractivity contribution in [2.24, 2.45) is 0 Å². The summed E-state index contributed by atoms with van der Waals surface area (Å²) < 4.78 is 2.10. The Morgan fingerprint density at radius 3 is 2.61 bits per heavy atom. The molecule has 0 saturated heterocycles. The van der Waals surface area contributed by atoms with Crippen LogP contribution in [0.3, 0.4) is 0 Å². The highest BCUT2D eigenvalue weighted by Crippen LogP contribution is 2.25. The second-order valence-electron chi connectivity index (χ2n) is 6.43. The zero-order chi connectivity index (χ0) is 19.9. The predicted molar refractivity (Wildman–Crippen MR) is 112 cm³/mol. The van der Waals surface area contributed by atoms with Crippen LogP contribution in [-0.2, 0) is 18.7 Å². The van der Waals surface area contributed by atoms with Crippen LogP contribution in [-0.4, -0.2) is 19.7 Å². The zero-order valence-electron chi connectivity index (χ0n) is 15.5. The van der Waals surface area contributed by atoms with Crippen LogP contribution >= 0.6 is 23.4 Å². The van der Waals surface area contributed by atoms with Gasteiger partial charge in [-0.2, -0.15) is 0 Å². The fraction of sp³-hybridized carbons (Fsp3) is 0.300. The zero-order valence-corrected chi connectivity index (χ0v) is 17.1. The van der Waals surface area contributed by atoms with Crippen molar-refractivity contribution < 1.29 is 4.92 Å². The van der Waals surface area contributed by atoms with Crippen LogP contribution in [0.4, 0.5) is 5.69 Å². The molecule has 1 aromatic heterocycles. The molecule has 0 aliphatic rings. The van der Waals surface area contributed by atoms with Gasteiger partial charge < -0.3 is 4.57 Å². The lowest BCUT2D eigenvalue weighted by molar-refractivity contribution is -0.384. The van der Waals surface area contributed by atoms with E-state index in [-0.39, 0.29) is 10.6 Å². The van der Waals surface area contributed by atoms with Crippen LogP contribution in [0.2, 0.25) is 5.02 Å². The minimum Gasteiger partial charge on any atom is -0.302 e. The Morgan fingerprint density at radius 2 is 1.93 bits per heavy atom. The molecule has 1 heterocycles. The Kier molecular flexibility index (Phi) is 7.06. The molecule has 0 unspecified atom stereocenters. The molecule has 28 heavy (non-hydrogen) atoms. The van der Waals surface area contributed by atoms with Crippen molar-refractivity contribution in [3.63, 3.8) is 0 Å². The van der Waals surface area contributed by atoms with Crippen molar-refractivity contribution in [1.29, 1.82) is 0 Å². The Bertz CT molecular complexity index is 944. The van der Waals surface area contributed by atoms with Crippen LogP contribution in [0.5, 0.6) is 0 Å². The normalized spacial score (nSPS) is 10.9. The second-order valence-corrected chi connectivity index (χ2v) is 7.81. The Morgan fingerprint density at radius 1 is 1.14 bits per heavy atom. The van der Waals surface area contributed by atoms with E-state index in [1.54, 1.807) is 23.9 Å². The standard InChI is InChI=1S/C20H21ClN4O2S/c1-2-3-7-19-22-23-20(28-14-16-5-4-6-17(21)12-16)24(19)13-15-8-10-18(11-9-15)25(26)27/h4-6,8-12H,2-3,7,13-14H2,1H3. The first-order valence-electron chi connectivity index (χ1n) is 9.09. The maximum absolute atomic E-state index is 10.9. The number of halogens is 1. The quantitative estimate of drug-likeness (QED) is 0.260. The van der Waals surface area contributed by atoms with E-state index < -0.39 is 0 Å². The van der Waals surface area contributed by atoms with Crippen LogP contribution in [0.15, 0.2) is 53.7 Å². The number of aryl methyl sites for hydroxylation is 1. The summed E-state index contributed by atoms with van der Waals surface area (Å²) in [6, 6.07) is 14.4. The number of hydrogen-bond donors (Lipinski definition) is 0. The van der Waals surface area contributed by atoms with Gasteiger partial charge in [-0.3, -0.25) is 10.1 Å². The van der Waals surface area contributed by atoms with Gasteiger partial charge in [0, 0.05) is 29.3 Å². The van der Waals surface area contributed by atoms with Crippen LogP contribution in [0, 0.1) is 10.1 Å². The molecule has 0 atom stereocenters. The van der Waals surface area contributed by atoms with Crippen LogP contribution in [0.1, 0.15) is 36.7 Å². The highest BCUT2D eigenvalue weighted by Gasteiger charge is 2.14. The third-order valence-electron chi connectivity index (χ3n) is 4.29. The lowest BCUT2D eigenvalue weighted by atomic mass is 10.2. The van der Waals surface area contributed by atoms with Gasteiger partial charge in [0.1, 0.15) is 5.82 Å². The number of unbranched alkanes of at least 4 members (excludes halogenated alkanes) is 1. The van der Waals surface area contributed by atoms with Gasteiger partial charge in [-0.1, -0.05) is 61.0 Å². The Hall–Kier alpha value is -2.38. The number of hydrogen-bond acceptors (Lipinski definition) is 5. The number of nitro groups is 1. The molecule has 3 rings (SSSR count). The van der Waals surface area contributed by atoms with E-state index in [1.165, 1.54) is 12.1 Å².